The fraction of sp³-hybridized carbons (Fsp3) is 0.200. The highest BCUT2D eigenvalue weighted by molar-refractivity contribution is 6.09. The fourth-order valence-electron chi connectivity index (χ4n) is 2.70. The van der Waals surface area contributed by atoms with E-state index in [4.69, 9.17) is 10.8 Å². The number of carbonyl (C=O) groups is 4. The van der Waals surface area contributed by atoms with Gasteiger partial charge in [0.1, 0.15) is 6.04 Å². The standard InChI is InChI=1S/C20H20N2O6/c21-15(12-17(23)24)19(26)22(18(25)14-9-5-2-6-10-14)16(20(27)28)11-13-7-3-1-4-8-13/h1-10,15-16H,11-12,21H2,(H,23,24)(H,27,28)/t15-,16-/m0/s1. The number of carboxylic acids is 2. The number of carbonyl (C=O) groups excluding carboxylic acids is 2. The van der Waals surface area contributed by atoms with Gasteiger partial charge in [-0.1, -0.05) is 48.5 Å². The van der Waals surface area contributed by atoms with Crippen LogP contribution in [0.1, 0.15) is 22.3 Å². The molecule has 0 saturated carbocycles. The zero-order valence-corrected chi connectivity index (χ0v) is 14.9. The number of nitrogens with two attached hydrogens (primary N) is 1. The second kappa shape index (κ2) is 9.43. The Labute approximate surface area is 161 Å². The Morgan fingerprint density at radius 2 is 1.43 bits per heavy atom. The molecule has 0 radical (unpaired) electrons. The molecule has 0 aromatic heterocycles. The average molecular weight is 384 g/mol. The quantitative estimate of drug-likeness (QED) is 0.621. The zero-order valence-electron chi connectivity index (χ0n) is 14.9. The Kier molecular flexibility index (Phi) is 7.00. The minimum Gasteiger partial charge on any atom is -0.481 e. The zero-order chi connectivity index (χ0) is 20.7. The first-order valence-electron chi connectivity index (χ1n) is 8.47. The average Bonchev–Trinajstić information content (AvgIpc) is 2.68. The molecule has 8 heteroatoms. The van der Waals surface area contributed by atoms with Gasteiger partial charge in [-0.2, -0.15) is 0 Å². The van der Waals surface area contributed by atoms with Crippen molar-refractivity contribution in [3.63, 3.8) is 0 Å². The molecule has 0 aliphatic heterocycles. The van der Waals surface area contributed by atoms with Crippen LogP contribution < -0.4 is 5.73 Å². The van der Waals surface area contributed by atoms with Crippen LogP contribution in [-0.4, -0.2) is 50.9 Å². The summed E-state index contributed by atoms with van der Waals surface area (Å²) in [4.78, 5) is 49.1. The highest BCUT2D eigenvalue weighted by Gasteiger charge is 2.38. The van der Waals surface area contributed by atoms with Gasteiger partial charge in [-0.3, -0.25) is 19.3 Å². The van der Waals surface area contributed by atoms with Crippen LogP contribution in [0.25, 0.3) is 0 Å². The largest absolute Gasteiger partial charge is 0.481 e. The molecule has 146 valence electrons. The number of amides is 2. The Morgan fingerprint density at radius 1 is 0.893 bits per heavy atom. The van der Waals surface area contributed by atoms with Crippen molar-refractivity contribution in [1.82, 2.24) is 4.90 Å². The van der Waals surface area contributed by atoms with Crippen LogP contribution in [0.15, 0.2) is 60.7 Å². The molecule has 28 heavy (non-hydrogen) atoms. The van der Waals surface area contributed by atoms with E-state index in [1.165, 1.54) is 12.1 Å². The van der Waals surface area contributed by atoms with Crippen molar-refractivity contribution in [3.8, 4) is 0 Å². The molecule has 2 aromatic rings. The highest BCUT2D eigenvalue weighted by Crippen LogP contribution is 2.16. The Bertz CT molecular complexity index is 854. The van der Waals surface area contributed by atoms with E-state index in [1.54, 1.807) is 48.5 Å². The van der Waals surface area contributed by atoms with Crippen LogP contribution in [-0.2, 0) is 20.8 Å². The van der Waals surface area contributed by atoms with Gasteiger partial charge in [0.05, 0.1) is 12.5 Å². The first-order valence-corrected chi connectivity index (χ1v) is 8.47. The van der Waals surface area contributed by atoms with Gasteiger partial charge in [0.2, 0.25) is 5.91 Å². The third-order valence-electron chi connectivity index (χ3n) is 4.06. The fourth-order valence-corrected chi connectivity index (χ4v) is 2.70. The molecule has 0 unspecified atom stereocenters. The van der Waals surface area contributed by atoms with Gasteiger partial charge in [0.25, 0.3) is 5.91 Å². The molecular weight excluding hydrogens is 364 g/mol. The lowest BCUT2D eigenvalue weighted by Gasteiger charge is -2.29. The van der Waals surface area contributed by atoms with Gasteiger partial charge >= 0.3 is 11.9 Å². The van der Waals surface area contributed by atoms with Gasteiger partial charge in [0.15, 0.2) is 0 Å². The van der Waals surface area contributed by atoms with Gasteiger partial charge in [-0.25, -0.2) is 4.79 Å². The molecule has 2 amide bonds. The first-order chi connectivity index (χ1) is 13.3. The molecule has 2 rings (SSSR count). The second-order valence-corrected chi connectivity index (χ2v) is 6.13. The summed E-state index contributed by atoms with van der Waals surface area (Å²) in [5.74, 6) is -4.64. The number of hydrogen-bond donors (Lipinski definition) is 3. The van der Waals surface area contributed by atoms with E-state index < -0.39 is 42.3 Å². The summed E-state index contributed by atoms with van der Waals surface area (Å²) in [6.45, 7) is 0. The molecule has 0 saturated heterocycles. The van der Waals surface area contributed by atoms with Crippen molar-refractivity contribution in [2.45, 2.75) is 24.9 Å². The summed E-state index contributed by atoms with van der Waals surface area (Å²) in [6.07, 6.45) is -0.866. The molecular formula is C20H20N2O6. The molecule has 0 bridgehead atoms. The van der Waals surface area contributed by atoms with Crippen molar-refractivity contribution in [3.05, 3.63) is 71.8 Å². The SMILES string of the molecule is N[C@@H](CC(=O)O)C(=O)N(C(=O)c1ccccc1)[C@@H](Cc1ccccc1)C(=O)O. The number of hydrogen-bond acceptors (Lipinski definition) is 5. The Balaban J connectivity index is 2.44. The predicted molar refractivity (Wildman–Crippen MR) is 99.4 cm³/mol. The van der Waals surface area contributed by atoms with Crippen LogP contribution in [0.2, 0.25) is 0 Å². The lowest BCUT2D eigenvalue weighted by molar-refractivity contribution is -0.149. The number of carboxylic acid groups (broad SMARTS) is 2. The van der Waals surface area contributed by atoms with Gasteiger partial charge < -0.3 is 15.9 Å². The number of nitrogens with zero attached hydrogens (tertiary/aromatic N) is 1. The lowest BCUT2D eigenvalue weighted by atomic mass is 10.0. The molecule has 0 aliphatic rings. The van der Waals surface area contributed by atoms with E-state index in [0.717, 1.165) is 0 Å². The summed E-state index contributed by atoms with van der Waals surface area (Å²) >= 11 is 0. The van der Waals surface area contributed by atoms with E-state index in [0.29, 0.717) is 10.5 Å². The van der Waals surface area contributed by atoms with Crippen LogP contribution in [0.3, 0.4) is 0 Å². The molecule has 0 spiro atoms. The third-order valence-corrected chi connectivity index (χ3v) is 4.06. The van der Waals surface area contributed by atoms with Crippen LogP contribution in [0.4, 0.5) is 0 Å². The summed E-state index contributed by atoms with van der Waals surface area (Å²) < 4.78 is 0. The van der Waals surface area contributed by atoms with Crippen molar-refractivity contribution in [1.29, 1.82) is 0 Å². The van der Waals surface area contributed by atoms with Gasteiger partial charge in [0, 0.05) is 12.0 Å². The molecule has 0 fully saturated rings. The van der Waals surface area contributed by atoms with Crippen LogP contribution >= 0.6 is 0 Å². The maximum absolute atomic E-state index is 13.0. The summed E-state index contributed by atoms with van der Waals surface area (Å²) in [6, 6.07) is 13.1. The smallest absolute Gasteiger partial charge is 0.327 e. The lowest BCUT2D eigenvalue weighted by Crippen LogP contribution is -2.55. The second-order valence-electron chi connectivity index (χ2n) is 6.13. The molecule has 8 nitrogen and oxygen atoms in total. The molecule has 2 aromatic carbocycles. The van der Waals surface area contributed by atoms with Crippen molar-refractivity contribution < 1.29 is 29.4 Å². The summed E-state index contributed by atoms with van der Waals surface area (Å²) in [5, 5.41) is 18.6. The van der Waals surface area contributed by atoms with Gasteiger partial charge in [-0.15, -0.1) is 0 Å². The Morgan fingerprint density at radius 3 is 1.93 bits per heavy atom. The summed E-state index contributed by atoms with van der Waals surface area (Å²) in [5.41, 5.74) is 6.34. The normalized spacial score (nSPS) is 12.6. The highest BCUT2D eigenvalue weighted by atomic mass is 16.4. The van der Waals surface area contributed by atoms with Crippen molar-refractivity contribution >= 4 is 23.8 Å². The van der Waals surface area contributed by atoms with Crippen molar-refractivity contribution in [2.75, 3.05) is 0 Å². The van der Waals surface area contributed by atoms with E-state index in [9.17, 15) is 24.3 Å². The number of aliphatic carboxylic acids is 2. The monoisotopic (exact) mass is 384 g/mol. The predicted octanol–water partition coefficient (Wildman–Crippen LogP) is 1.15. The van der Waals surface area contributed by atoms with Crippen LogP contribution in [0.5, 0.6) is 0 Å². The topological polar surface area (TPSA) is 138 Å². The van der Waals surface area contributed by atoms with E-state index in [2.05, 4.69) is 0 Å². The minimum atomic E-state index is -1.55. The number of benzene rings is 2. The third kappa shape index (κ3) is 5.24. The first kappa shape index (κ1) is 20.8. The van der Waals surface area contributed by atoms with Crippen molar-refractivity contribution in [2.24, 2.45) is 5.73 Å². The molecule has 4 N–H and O–H groups in total. The molecule has 2 atom stereocenters. The molecule has 0 aliphatic carbocycles. The Hall–Kier alpha value is -3.52. The van der Waals surface area contributed by atoms with E-state index >= 15 is 0 Å². The number of imide groups is 1. The molecule has 0 heterocycles. The maximum Gasteiger partial charge on any atom is 0.327 e. The minimum absolute atomic E-state index is 0.0951. The number of rotatable bonds is 8. The van der Waals surface area contributed by atoms with Gasteiger partial charge in [-0.05, 0) is 17.7 Å². The summed E-state index contributed by atoms with van der Waals surface area (Å²) in [7, 11) is 0. The van der Waals surface area contributed by atoms with E-state index in [-0.39, 0.29) is 12.0 Å². The maximum atomic E-state index is 13.0. The van der Waals surface area contributed by atoms with E-state index in [1.807, 2.05) is 0 Å². The van der Waals surface area contributed by atoms with Crippen LogP contribution in [0, 0.1) is 0 Å².